The SMILES string of the molecule is CC(C(=O)c1ccccc1)C(C)(C)CCc1ccccc1. The number of carbonyl (C=O) groups is 1. The van der Waals surface area contributed by atoms with E-state index in [4.69, 9.17) is 0 Å². The van der Waals surface area contributed by atoms with Crippen LogP contribution < -0.4 is 0 Å². The maximum atomic E-state index is 12.6. The van der Waals surface area contributed by atoms with Gasteiger partial charge in [0, 0.05) is 11.5 Å². The third kappa shape index (κ3) is 4.04. The van der Waals surface area contributed by atoms with E-state index in [1.807, 2.05) is 36.4 Å². The second kappa shape index (κ2) is 6.71. The number of aryl methyl sites for hydroxylation is 1. The van der Waals surface area contributed by atoms with E-state index >= 15 is 0 Å². The Kier molecular flexibility index (Phi) is 4.95. The Bertz CT molecular complexity index is 569. The first-order valence-corrected chi connectivity index (χ1v) is 7.64. The van der Waals surface area contributed by atoms with E-state index < -0.39 is 0 Å². The molecule has 0 radical (unpaired) electrons. The zero-order chi connectivity index (χ0) is 15.3. The van der Waals surface area contributed by atoms with Gasteiger partial charge < -0.3 is 0 Å². The normalized spacial score (nSPS) is 12.9. The van der Waals surface area contributed by atoms with Crippen LogP contribution in [0.5, 0.6) is 0 Å². The Morgan fingerprint density at radius 3 is 2.05 bits per heavy atom. The summed E-state index contributed by atoms with van der Waals surface area (Å²) >= 11 is 0. The second-order valence-corrected chi connectivity index (χ2v) is 6.43. The van der Waals surface area contributed by atoms with Gasteiger partial charge in [-0.15, -0.1) is 0 Å². The van der Waals surface area contributed by atoms with Crippen LogP contribution in [0.3, 0.4) is 0 Å². The van der Waals surface area contributed by atoms with Gasteiger partial charge in [0.15, 0.2) is 5.78 Å². The molecule has 21 heavy (non-hydrogen) atoms. The van der Waals surface area contributed by atoms with Crippen molar-refractivity contribution >= 4 is 5.78 Å². The van der Waals surface area contributed by atoms with Gasteiger partial charge in [-0.3, -0.25) is 4.79 Å². The first-order valence-electron chi connectivity index (χ1n) is 7.64. The van der Waals surface area contributed by atoms with E-state index in [-0.39, 0.29) is 17.1 Å². The largest absolute Gasteiger partial charge is 0.294 e. The van der Waals surface area contributed by atoms with Crippen LogP contribution in [0, 0.1) is 11.3 Å². The van der Waals surface area contributed by atoms with Crippen molar-refractivity contribution in [1.29, 1.82) is 0 Å². The van der Waals surface area contributed by atoms with Gasteiger partial charge in [0.2, 0.25) is 0 Å². The molecule has 0 aliphatic rings. The maximum Gasteiger partial charge on any atom is 0.166 e. The number of carbonyl (C=O) groups excluding carboxylic acids is 1. The standard InChI is InChI=1S/C20H24O/c1-16(19(21)18-12-8-5-9-13-18)20(2,3)15-14-17-10-6-4-7-11-17/h4-13,16H,14-15H2,1-3H3. The molecule has 2 aromatic carbocycles. The van der Waals surface area contributed by atoms with Gasteiger partial charge in [0.05, 0.1) is 0 Å². The molecule has 0 aromatic heterocycles. The summed E-state index contributed by atoms with van der Waals surface area (Å²) in [5, 5.41) is 0. The molecule has 1 unspecified atom stereocenters. The lowest BCUT2D eigenvalue weighted by atomic mass is 9.72. The summed E-state index contributed by atoms with van der Waals surface area (Å²) in [4.78, 5) is 12.6. The zero-order valence-electron chi connectivity index (χ0n) is 13.2. The number of ketones is 1. The smallest absolute Gasteiger partial charge is 0.166 e. The molecule has 2 rings (SSSR count). The van der Waals surface area contributed by atoms with Crippen molar-refractivity contribution in [2.45, 2.75) is 33.6 Å². The highest BCUT2D eigenvalue weighted by molar-refractivity contribution is 5.98. The van der Waals surface area contributed by atoms with Crippen LogP contribution in [-0.4, -0.2) is 5.78 Å². The zero-order valence-corrected chi connectivity index (χ0v) is 13.2. The van der Waals surface area contributed by atoms with E-state index in [0.717, 1.165) is 18.4 Å². The Labute approximate surface area is 128 Å². The topological polar surface area (TPSA) is 17.1 Å². The minimum atomic E-state index is -0.0111. The summed E-state index contributed by atoms with van der Waals surface area (Å²) in [6, 6.07) is 20.1. The molecular formula is C20H24O. The van der Waals surface area contributed by atoms with Crippen molar-refractivity contribution in [2.24, 2.45) is 11.3 Å². The lowest BCUT2D eigenvalue weighted by molar-refractivity contribution is 0.0808. The lowest BCUT2D eigenvalue weighted by Gasteiger charge is -2.31. The number of hydrogen-bond acceptors (Lipinski definition) is 1. The van der Waals surface area contributed by atoms with Crippen molar-refractivity contribution in [1.82, 2.24) is 0 Å². The van der Waals surface area contributed by atoms with Crippen LogP contribution in [0.15, 0.2) is 60.7 Å². The molecule has 0 fully saturated rings. The minimum Gasteiger partial charge on any atom is -0.294 e. The number of hydrogen-bond donors (Lipinski definition) is 0. The first-order chi connectivity index (χ1) is 10.0. The van der Waals surface area contributed by atoms with Crippen LogP contribution in [-0.2, 0) is 6.42 Å². The average Bonchev–Trinajstić information content (AvgIpc) is 2.53. The van der Waals surface area contributed by atoms with Crippen LogP contribution in [0.4, 0.5) is 0 Å². The van der Waals surface area contributed by atoms with Crippen LogP contribution in [0.2, 0.25) is 0 Å². The third-order valence-electron chi connectivity index (χ3n) is 4.52. The van der Waals surface area contributed by atoms with Crippen LogP contribution in [0.25, 0.3) is 0 Å². The van der Waals surface area contributed by atoms with Gasteiger partial charge >= 0.3 is 0 Å². The maximum absolute atomic E-state index is 12.6. The van der Waals surface area contributed by atoms with Gasteiger partial charge in [-0.25, -0.2) is 0 Å². The molecule has 0 aliphatic carbocycles. The average molecular weight is 280 g/mol. The van der Waals surface area contributed by atoms with Gasteiger partial charge in [-0.05, 0) is 23.8 Å². The highest BCUT2D eigenvalue weighted by atomic mass is 16.1. The molecule has 1 heteroatoms. The van der Waals surface area contributed by atoms with Gasteiger partial charge in [0.25, 0.3) is 0 Å². The Balaban J connectivity index is 2.03. The molecule has 0 amide bonds. The fourth-order valence-electron chi connectivity index (χ4n) is 2.53. The molecule has 1 atom stereocenters. The molecule has 0 N–H and O–H groups in total. The summed E-state index contributed by atoms with van der Waals surface area (Å²) in [5.41, 5.74) is 2.14. The molecule has 1 nitrogen and oxygen atoms in total. The summed E-state index contributed by atoms with van der Waals surface area (Å²) in [7, 11) is 0. The van der Waals surface area contributed by atoms with E-state index in [0.29, 0.717) is 0 Å². The molecule has 110 valence electrons. The van der Waals surface area contributed by atoms with Crippen LogP contribution >= 0.6 is 0 Å². The van der Waals surface area contributed by atoms with Gasteiger partial charge in [-0.1, -0.05) is 81.4 Å². The van der Waals surface area contributed by atoms with Gasteiger partial charge in [0.1, 0.15) is 0 Å². The van der Waals surface area contributed by atoms with Crippen molar-refractivity contribution in [2.75, 3.05) is 0 Å². The molecular weight excluding hydrogens is 256 g/mol. The predicted octanol–water partition coefficient (Wildman–Crippen LogP) is 5.16. The molecule has 0 saturated carbocycles. The Morgan fingerprint density at radius 2 is 1.48 bits per heavy atom. The molecule has 0 bridgehead atoms. The number of benzene rings is 2. The van der Waals surface area contributed by atoms with Crippen molar-refractivity contribution in [3.63, 3.8) is 0 Å². The molecule has 0 heterocycles. The molecule has 0 aliphatic heterocycles. The lowest BCUT2D eigenvalue weighted by Crippen LogP contribution is -2.29. The highest BCUT2D eigenvalue weighted by Gasteiger charge is 2.31. The van der Waals surface area contributed by atoms with E-state index in [1.54, 1.807) is 0 Å². The van der Waals surface area contributed by atoms with E-state index in [9.17, 15) is 4.79 Å². The number of rotatable bonds is 6. The van der Waals surface area contributed by atoms with E-state index in [2.05, 4.69) is 45.0 Å². The highest BCUT2D eigenvalue weighted by Crippen LogP contribution is 2.34. The van der Waals surface area contributed by atoms with Crippen molar-refractivity contribution in [3.8, 4) is 0 Å². The number of Topliss-reactive ketones (excluding diaryl/α,β-unsaturated/α-hetero) is 1. The molecule has 0 spiro atoms. The fraction of sp³-hybridized carbons (Fsp3) is 0.350. The summed E-state index contributed by atoms with van der Waals surface area (Å²) < 4.78 is 0. The van der Waals surface area contributed by atoms with Crippen LogP contribution in [0.1, 0.15) is 43.1 Å². The Hall–Kier alpha value is -1.89. The van der Waals surface area contributed by atoms with Gasteiger partial charge in [-0.2, -0.15) is 0 Å². The third-order valence-corrected chi connectivity index (χ3v) is 4.52. The molecule has 2 aromatic rings. The van der Waals surface area contributed by atoms with Crippen molar-refractivity contribution < 1.29 is 4.79 Å². The summed E-state index contributed by atoms with van der Waals surface area (Å²) in [6.45, 7) is 6.45. The monoisotopic (exact) mass is 280 g/mol. The minimum absolute atomic E-state index is 0.0111. The fourth-order valence-corrected chi connectivity index (χ4v) is 2.53. The first kappa shape index (κ1) is 15.5. The quantitative estimate of drug-likeness (QED) is 0.668. The van der Waals surface area contributed by atoms with Crippen molar-refractivity contribution in [3.05, 3.63) is 71.8 Å². The second-order valence-electron chi connectivity index (χ2n) is 6.43. The summed E-state index contributed by atoms with van der Waals surface area (Å²) in [5.74, 6) is 0.261. The summed E-state index contributed by atoms with van der Waals surface area (Å²) in [6.07, 6.45) is 2.02. The van der Waals surface area contributed by atoms with E-state index in [1.165, 1.54) is 5.56 Å². The Morgan fingerprint density at radius 1 is 0.952 bits per heavy atom. The molecule has 0 saturated heterocycles. The predicted molar refractivity (Wildman–Crippen MR) is 88.5 cm³/mol.